The average Bonchev–Trinajstić information content (AvgIpc) is 2.78. The fraction of sp³-hybridized carbons (Fsp3) is 0.455. The van der Waals surface area contributed by atoms with Crippen molar-refractivity contribution in [1.82, 2.24) is 10.3 Å². The van der Waals surface area contributed by atoms with Gasteiger partial charge in [0.25, 0.3) is 5.91 Å². The van der Waals surface area contributed by atoms with Crippen molar-refractivity contribution >= 4 is 11.7 Å². The zero-order valence-electron chi connectivity index (χ0n) is 9.78. The number of hydrogen-bond acceptors (Lipinski definition) is 4. The molecule has 1 aromatic rings. The predicted octanol–water partition coefficient (Wildman–Crippen LogP) is -0.310. The van der Waals surface area contributed by atoms with Gasteiger partial charge in [0.2, 0.25) is 0 Å². The molecule has 0 atom stereocenters. The quantitative estimate of drug-likeness (QED) is 0.530. The van der Waals surface area contributed by atoms with E-state index in [1.54, 1.807) is 0 Å². The van der Waals surface area contributed by atoms with E-state index < -0.39 is 11.4 Å². The monoisotopic (exact) mass is 240 g/mol. The summed E-state index contributed by atoms with van der Waals surface area (Å²) in [5, 5.41) is 20.6. The normalized spacial score (nSPS) is 11.3. The van der Waals surface area contributed by atoms with Crippen LogP contribution in [0, 0.1) is 0 Å². The second-order valence-corrected chi connectivity index (χ2v) is 4.19. The highest BCUT2D eigenvalue weighted by Crippen LogP contribution is 2.07. The Labute approximate surface area is 98.7 Å². The van der Waals surface area contributed by atoms with Crippen molar-refractivity contribution < 1.29 is 19.8 Å². The highest BCUT2D eigenvalue weighted by Gasteiger charge is 2.25. The van der Waals surface area contributed by atoms with Crippen molar-refractivity contribution in [1.29, 1.82) is 0 Å². The van der Waals surface area contributed by atoms with Gasteiger partial charge >= 0.3 is 0 Å². The molecule has 0 bridgehead atoms. The molecule has 1 amide bonds. The lowest BCUT2D eigenvalue weighted by atomic mass is 10.1. The third kappa shape index (κ3) is 3.15. The van der Waals surface area contributed by atoms with Crippen LogP contribution >= 0.6 is 0 Å². The minimum Gasteiger partial charge on any atom is -0.394 e. The molecule has 0 aliphatic heterocycles. The van der Waals surface area contributed by atoms with E-state index in [0.29, 0.717) is 5.56 Å². The third-order valence-electron chi connectivity index (χ3n) is 2.45. The van der Waals surface area contributed by atoms with Gasteiger partial charge in [-0.1, -0.05) is 0 Å². The summed E-state index contributed by atoms with van der Waals surface area (Å²) in [5.74, 6) is -0.629. The lowest BCUT2D eigenvalue weighted by molar-refractivity contribution is 0.0720. The third-order valence-corrected chi connectivity index (χ3v) is 2.45. The van der Waals surface area contributed by atoms with Crippen LogP contribution in [0.3, 0.4) is 0 Å². The molecular formula is C11H16N2O4. The Kier molecular flexibility index (Phi) is 4.03. The first-order chi connectivity index (χ1) is 7.91. The van der Waals surface area contributed by atoms with E-state index in [-0.39, 0.29) is 24.7 Å². The Hall–Kier alpha value is -1.66. The zero-order chi connectivity index (χ0) is 13.1. The van der Waals surface area contributed by atoms with Crippen LogP contribution in [0.25, 0.3) is 0 Å². The predicted molar refractivity (Wildman–Crippen MR) is 60.8 cm³/mol. The molecule has 0 radical (unpaired) electrons. The molecule has 1 aromatic heterocycles. The van der Waals surface area contributed by atoms with Crippen LogP contribution in [-0.2, 0) is 0 Å². The van der Waals surface area contributed by atoms with Gasteiger partial charge in [-0.25, -0.2) is 0 Å². The Morgan fingerprint density at radius 2 is 2.00 bits per heavy atom. The lowest BCUT2D eigenvalue weighted by Gasteiger charge is -2.25. The number of rotatable bonds is 5. The van der Waals surface area contributed by atoms with Crippen LogP contribution in [0.4, 0.5) is 0 Å². The van der Waals surface area contributed by atoms with E-state index in [2.05, 4.69) is 10.3 Å². The summed E-state index contributed by atoms with van der Waals surface area (Å²) >= 11 is 0. The van der Waals surface area contributed by atoms with Crippen LogP contribution < -0.4 is 5.32 Å². The number of Topliss-reactive ketones (excluding diaryl/α,β-unsaturated/α-hetero) is 1. The van der Waals surface area contributed by atoms with Gasteiger partial charge < -0.3 is 20.5 Å². The first-order valence-corrected chi connectivity index (χ1v) is 5.15. The van der Waals surface area contributed by atoms with Gasteiger partial charge in [0.15, 0.2) is 5.78 Å². The summed E-state index contributed by atoms with van der Waals surface area (Å²) in [7, 11) is 0. The van der Waals surface area contributed by atoms with Crippen molar-refractivity contribution in [2.45, 2.75) is 19.4 Å². The Morgan fingerprint density at radius 3 is 2.41 bits per heavy atom. The van der Waals surface area contributed by atoms with Crippen molar-refractivity contribution in [2.24, 2.45) is 0 Å². The van der Waals surface area contributed by atoms with Crippen molar-refractivity contribution in [3.8, 4) is 0 Å². The zero-order valence-corrected chi connectivity index (χ0v) is 9.78. The molecule has 4 N–H and O–H groups in total. The van der Waals surface area contributed by atoms with E-state index in [9.17, 15) is 9.59 Å². The molecule has 6 heteroatoms. The Bertz CT molecular complexity index is 421. The van der Waals surface area contributed by atoms with E-state index in [4.69, 9.17) is 10.2 Å². The summed E-state index contributed by atoms with van der Waals surface area (Å²) in [5.41, 5.74) is -0.466. The molecule has 6 nitrogen and oxygen atoms in total. The second kappa shape index (κ2) is 5.11. The molecule has 0 saturated heterocycles. The number of carbonyl (C=O) groups excluding carboxylic acids is 2. The van der Waals surface area contributed by atoms with Gasteiger partial charge in [0.1, 0.15) is 5.69 Å². The molecular weight excluding hydrogens is 224 g/mol. The maximum absolute atomic E-state index is 11.7. The number of aromatic nitrogens is 1. The molecule has 0 aliphatic rings. The van der Waals surface area contributed by atoms with Gasteiger partial charge in [-0.3, -0.25) is 9.59 Å². The molecule has 94 valence electrons. The number of H-pyrrole nitrogens is 1. The highest BCUT2D eigenvalue weighted by atomic mass is 16.3. The number of aromatic amines is 1. The fourth-order valence-electron chi connectivity index (χ4n) is 1.20. The number of aliphatic hydroxyl groups is 2. The van der Waals surface area contributed by atoms with Gasteiger partial charge in [0, 0.05) is 11.8 Å². The average molecular weight is 240 g/mol. The molecule has 17 heavy (non-hydrogen) atoms. The van der Waals surface area contributed by atoms with Crippen LogP contribution in [-0.4, -0.2) is 45.6 Å². The number of aliphatic hydroxyl groups excluding tert-OH is 2. The molecule has 1 heterocycles. The van der Waals surface area contributed by atoms with Crippen LogP contribution in [0.15, 0.2) is 12.3 Å². The number of ketones is 1. The maximum atomic E-state index is 11.7. The van der Waals surface area contributed by atoms with Crippen LogP contribution in [0.2, 0.25) is 0 Å². The smallest absolute Gasteiger partial charge is 0.268 e. The maximum Gasteiger partial charge on any atom is 0.268 e. The standard InChI is InChI=1S/C11H16N2O4/c1-7(16)8-3-9(12-4-8)10(17)13-11(2,5-14)6-15/h3-4,12,14-15H,5-6H2,1-2H3,(H,13,17). The van der Waals surface area contributed by atoms with Gasteiger partial charge in [-0.05, 0) is 19.9 Å². The largest absolute Gasteiger partial charge is 0.394 e. The summed E-state index contributed by atoms with van der Waals surface area (Å²) < 4.78 is 0. The molecule has 0 aliphatic carbocycles. The molecule has 1 rings (SSSR count). The fourth-order valence-corrected chi connectivity index (χ4v) is 1.20. The lowest BCUT2D eigenvalue weighted by Crippen LogP contribution is -2.51. The van der Waals surface area contributed by atoms with Crippen molar-refractivity contribution in [2.75, 3.05) is 13.2 Å². The first-order valence-electron chi connectivity index (χ1n) is 5.15. The summed E-state index contributed by atoms with van der Waals surface area (Å²) in [6.07, 6.45) is 1.44. The molecule has 0 spiro atoms. The Balaban J connectivity index is 2.79. The van der Waals surface area contributed by atoms with Crippen molar-refractivity contribution in [3.05, 3.63) is 23.5 Å². The molecule has 0 unspecified atom stereocenters. The van der Waals surface area contributed by atoms with E-state index in [1.165, 1.54) is 26.1 Å². The first kappa shape index (κ1) is 13.4. The topological polar surface area (TPSA) is 102 Å². The van der Waals surface area contributed by atoms with Crippen molar-refractivity contribution in [3.63, 3.8) is 0 Å². The van der Waals surface area contributed by atoms with Gasteiger partial charge in [-0.2, -0.15) is 0 Å². The van der Waals surface area contributed by atoms with Crippen LogP contribution in [0.1, 0.15) is 34.7 Å². The summed E-state index contributed by atoms with van der Waals surface area (Å²) in [6.45, 7) is 2.15. The highest BCUT2D eigenvalue weighted by molar-refractivity contribution is 5.99. The molecule has 0 saturated carbocycles. The second-order valence-electron chi connectivity index (χ2n) is 4.19. The van der Waals surface area contributed by atoms with E-state index in [0.717, 1.165) is 0 Å². The molecule has 0 fully saturated rings. The van der Waals surface area contributed by atoms with E-state index >= 15 is 0 Å². The minimum absolute atomic E-state index is 0.146. The summed E-state index contributed by atoms with van der Waals surface area (Å²) in [4.78, 5) is 25.4. The molecule has 0 aromatic carbocycles. The number of nitrogens with one attached hydrogen (secondary N) is 2. The SMILES string of the molecule is CC(=O)c1c[nH]c(C(=O)NC(C)(CO)CO)c1. The van der Waals surface area contributed by atoms with E-state index in [1.807, 2.05) is 0 Å². The number of amides is 1. The number of carbonyl (C=O) groups is 2. The minimum atomic E-state index is -1.08. The Morgan fingerprint density at radius 1 is 1.41 bits per heavy atom. The van der Waals surface area contributed by atoms with Gasteiger partial charge in [0.05, 0.1) is 18.8 Å². The number of hydrogen-bond donors (Lipinski definition) is 4. The van der Waals surface area contributed by atoms with Gasteiger partial charge in [-0.15, -0.1) is 0 Å². The van der Waals surface area contributed by atoms with Crippen LogP contribution in [0.5, 0.6) is 0 Å². The summed E-state index contributed by atoms with van der Waals surface area (Å²) in [6, 6.07) is 1.42.